The maximum atomic E-state index is 11.7. The fourth-order valence-corrected chi connectivity index (χ4v) is 2.85. The van der Waals surface area contributed by atoms with E-state index >= 15 is 0 Å². The van der Waals surface area contributed by atoms with Crippen LogP contribution in [0.4, 0.5) is 26.3 Å². The molecule has 16 heavy (non-hydrogen) atoms. The van der Waals surface area contributed by atoms with Crippen molar-refractivity contribution in [2.75, 3.05) is 0 Å². The third-order valence-electron chi connectivity index (χ3n) is 1.02. The quantitative estimate of drug-likeness (QED) is 0.564. The second-order valence-electron chi connectivity index (χ2n) is 2.10. The molecular weight excluding hydrogens is 311 g/mol. The largest absolute Gasteiger partial charge is 0.561 e. The molecule has 0 atom stereocenters. The van der Waals surface area contributed by atoms with Gasteiger partial charge in [-0.2, -0.15) is 43.2 Å². The van der Waals surface area contributed by atoms with Crippen molar-refractivity contribution in [2.45, 2.75) is 11.0 Å². The predicted molar refractivity (Wildman–Crippen MR) is 38.5 cm³/mol. The zero-order valence-electron chi connectivity index (χ0n) is 6.66. The molecular formula is C2HF6NO4PS2+. The lowest BCUT2D eigenvalue weighted by molar-refractivity contribution is -0.207. The van der Waals surface area contributed by atoms with E-state index in [0.717, 1.165) is 0 Å². The molecule has 5 nitrogen and oxygen atoms in total. The molecule has 0 fully saturated rings. The van der Waals surface area contributed by atoms with Crippen molar-refractivity contribution < 1.29 is 46.3 Å². The molecule has 0 aromatic rings. The minimum atomic E-state index is -6.68. The average Bonchev–Trinajstić information content (AvgIpc) is 1.98. The lowest BCUT2D eigenvalue weighted by atomic mass is 11.6. The second kappa shape index (κ2) is 3.81. The molecule has 0 spiro atoms. The highest BCUT2D eigenvalue weighted by Crippen LogP contribution is 2.32. The normalized spacial score (nSPS) is 14.9. The molecule has 0 aromatic heterocycles. The minimum Gasteiger partial charge on any atom is -0.153 e. The van der Waals surface area contributed by atoms with E-state index in [2.05, 4.69) is 0 Å². The van der Waals surface area contributed by atoms with E-state index in [9.17, 15) is 43.2 Å². The third kappa shape index (κ3) is 2.46. The van der Waals surface area contributed by atoms with Crippen LogP contribution in [0, 0.1) is 0 Å². The molecule has 0 radical (unpaired) electrons. The maximum absolute atomic E-state index is 11.7. The molecule has 0 bridgehead atoms. The highest BCUT2D eigenvalue weighted by molar-refractivity contribution is 7.99. The van der Waals surface area contributed by atoms with E-state index in [1.807, 2.05) is 0 Å². The second-order valence-corrected chi connectivity index (χ2v) is 6.98. The number of nitrogens with zero attached hydrogens (tertiary/aromatic N) is 1. The predicted octanol–water partition coefficient (Wildman–Crippen LogP) is 1.02. The number of hydrogen-bond acceptors (Lipinski definition) is 4. The summed E-state index contributed by atoms with van der Waals surface area (Å²) in [5.41, 5.74) is -12.4. The van der Waals surface area contributed by atoms with Crippen LogP contribution in [0.1, 0.15) is 0 Å². The van der Waals surface area contributed by atoms with Gasteiger partial charge in [0.15, 0.2) is 0 Å². The van der Waals surface area contributed by atoms with Crippen LogP contribution in [0.2, 0.25) is 0 Å². The average molecular weight is 312 g/mol. The Morgan fingerprint density at radius 1 is 0.750 bits per heavy atom. The van der Waals surface area contributed by atoms with Crippen LogP contribution in [0.15, 0.2) is 0 Å². The fraction of sp³-hybridized carbons (Fsp3) is 1.00. The van der Waals surface area contributed by atoms with Crippen LogP contribution < -0.4 is 0 Å². The van der Waals surface area contributed by atoms with Crippen molar-refractivity contribution in [1.82, 2.24) is 0 Å². The Kier molecular flexibility index (Phi) is 3.71. The van der Waals surface area contributed by atoms with Crippen LogP contribution in [-0.4, -0.2) is 31.0 Å². The molecule has 0 aliphatic heterocycles. The van der Waals surface area contributed by atoms with Gasteiger partial charge in [-0.1, -0.05) is 0 Å². The standard InChI is InChI=1S/C2HF6NO4PS2/c3-1(4,5)15(10,11)9(14)16(12,13)2(6,7)8/h14H/q+1. The van der Waals surface area contributed by atoms with Gasteiger partial charge in [0, 0.05) is 3.14 Å². The molecule has 0 rings (SSSR count). The summed E-state index contributed by atoms with van der Waals surface area (Å²) >= 11 is 0. The van der Waals surface area contributed by atoms with E-state index < -0.39 is 34.2 Å². The van der Waals surface area contributed by atoms with Gasteiger partial charge in [-0.3, -0.25) is 0 Å². The topological polar surface area (TPSA) is 71.3 Å². The van der Waals surface area contributed by atoms with Crippen molar-refractivity contribution in [3.63, 3.8) is 0 Å². The highest BCUT2D eigenvalue weighted by Gasteiger charge is 2.66. The molecule has 0 unspecified atom stereocenters. The van der Waals surface area contributed by atoms with Gasteiger partial charge in [0.1, 0.15) is 0 Å². The Labute approximate surface area is 87.1 Å². The van der Waals surface area contributed by atoms with Crippen LogP contribution in [0.5, 0.6) is 0 Å². The van der Waals surface area contributed by atoms with Crippen molar-refractivity contribution in [3.05, 3.63) is 0 Å². The van der Waals surface area contributed by atoms with Gasteiger partial charge < -0.3 is 0 Å². The lowest BCUT2D eigenvalue weighted by Gasteiger charge is -2.06. The van der Waals surface area contributed by atoms with Gasteiger partial charge in [0.25, 0.3) is 0 Å². The molecule has 0 saturated carbocycles. The Balaban J connectivity index is 5.81. The molecule has 14 heteroatoms. The van der Waals surface area contributed by atoms with Crippen LogP contribution in [-0.2, 0) is 20.0 Å². The number of alkyl halides is 6. The Hall–Kier alpha value is -0.420. The van der Waals surface area contributed by atoms with Gasteiger partial charge in [-0.05, 0) is 0 Å². The van der Waals surface area contributed by atoms with Crippen molar-refractivity contribution in [2.24, 2.45) is 0 Å². The summed E-state index contributed by atoms with van der Waals surface area (Å²) in [5, 5.41) is 0. The summed E-state index contributed by atoms with van der Waals surface area (Å²) in [6.07, 6.45) is 0. The summed E-state index contributed by atoms with van der Waals surface area (Å²) in [6.45, 7) is 0. The molecule has 0 aliphatic rings. The van der Waals surface area contributed by atoms with Gasteiger partial charge in [0.05, 0.1) is 0 Å². The van der Waals surface area contributed by atoms with Crippen LogP contribution >= 0.6 is 9.03 Å². The first-order valence-electron chi connectivity index (χ1n) is 2.80. The first-order valence-corrected chi connectivity index (χ1v) is 6.12. The van der Waals surface area contributed by atoms with E-state index in [0.29, 0.717) is 0 Å². The molecule has 0 amide bonds. The van der Waals surface area contributed by atoms with Crippen molar-refractivity contribution in [1.29, 1.82) is 0 Å². The zero-order chi connectivity index (χ0) is 13.6. The first-order chi connectivity index (χ1) is 6.65. The summed E-state index contributed by atoms with van der Waals surface area (Å²) in [5.74, 6) is 0. The highest BCUT2D eigenvalue weighted by atomic mass is 32.3. The Morgan fingerprint density at radius 3 is 1.06 bits per heavy atom. The number of hydrogen-bond donors (Lipinski definition) is 0. The minimum absolute atomic E-state index is 1.27. The van der Waals surface area contributed by atoms with E-state index in [1.54, 1.807) is 0 Å². The summed E-state index contributed by atoms with van der Waals surface area (Å²) < 4.78 is 110. The van der Waals surface area contributed by atoms with E-state index in [-0.39, 0.29) is 0 Å². The van der Waals surface area contributed by atoms with Crippen molar-refractivity contribution in [3.8, 4) is 0 Å². The molecule has 0 N–H and O–H groups in total. The lowest BCUT2D eigenvalue weighted by Crippen LogP contribution is -2.41. The van der Waals surface area contributed by atoms with Gasteiger partial charge in [0.2, 0.25) is 9.03 Å². The first kappa shape index (κ1) is 15.6. The Morgan fingerprint density at radius 2 is 0.938 bits per heavy atom. The molecule has 96 valence electrons. The zero-order valence-corrected chi connectivity index (χ0v) is 9.30. The third-order valence-corrected chi connectivity index (χ3v) is 5.68. The molecule has 0 saturated heterocycles. The van der Waals surface area contributed by atoms with Crippen LogP contribution in [0.25, 0.3) is 0 Å². The summed E-state index contributed by atoms with van der Waals surface area (Å²) in [4.78, 5) is 0. The summed E-state index contributed by atoms with van der Waals surface area (Å²) in [7, 11) is -12.1. The van der Waals surface area contributed by atoms with Crippen molar-refractivity contribution >= 4 is 29.1 Å². The van der Waals surface area contributed by atoms with Gasteiger partial charge >= 0.3 is 31.1 Å². The maximum Gasteiger partial charge on any atom is 0.561 e. The summed E-state index contributed by atoms with van der Waals surface area (Å²) in [6, 6.07) is 0. The molecule has 0 aliphatic carbocycles. The van der Waals surface area contributed by atoms with Gasteiger partial charge in [-0.25, -0.2) is 0 Å². The molecule has 0 heterocycles. The number of halogens is 6. The van der Waals surface area contributed by atoms with Gasteiger partial charge in [-0.15, -0.1) is 0 Å². The number of rotatable bonds is 2. The van der Waals surface area contributed by atoms with Crippen LogP contribution in [0.3, 0.4) is 0 Å². The molecule has 0 aromatic carbocycles. The monoisotopic (exact) mass is 312 g/mol. The fourth-order valence-electron chi connectivity index (χ4n) is 0.317. The number of sulfonamides is 2. The Bertz CT molecular complexity index is 452. The van der Waals surface area contributed by atoms with E-state index in [1.165, 1.54) is 9.03 Å². The van der Waals surface area contributed by atoms with E-state index in [4.69, 9.17) is 0 Å². The smallest absolute Gasteiger partial charge is 0.153 e. The SMILES string of the molecule is O=S(=O)([N+](=P)S(=O)(=O)C(F)(F)F)C(F)(F)F.